The highest BCUT2D eigenvalue weighted by atomic mass is 35.5. The van der Waals surface area contributed by atoms with Crippen LogP contribution in [0.25, 0.3) is 28.2 Å². The number of halogens is 1. The third-order valence-corrected chi connectivity index (χ3v) is 4.13. The highest BCUT2D eigenvalue weighted by Crippen LogP contribution is 2.31. The number of nitrogens with zero attached hydrogens (tertiary/aromatic N) is 3. The van der Waals surface area contributed by atoms with Crippen LogP contribution in [0.5, 0.6) is 5.75 Å². The molecule has 0 unspecified atom stereocenters. The van der Waals surface area contributed by atoms with E-state index in [0.29, 0.717) is 22.1 Å². The summed E-state index contributed by atoms with van der Waals surface area (Å²) in [6.45, 7) is 0. The SMILES string of the molecule is COc1cc(Cl)ccc1-c1cc(=O)n2ncc(-c3ccccn3)c2[nH]1. The number of pyridine rings is 1. The molecule has 3 heterocycles. The smallest absolute Gasteiger partial charge is 0.274 e. The van der Waals surface area contributed by atoms with Crippen LogP contribution in [0.1, 0.15) is 0 Å². The van der Waals surface area contributed by atoms with Crippen molar-refractivity contribution in [2.45, 2.75) is 0 Å². The van der Waals surface area contributed by atoms with Gasteiger partial charge in [-0.15, -0.1) is 0 Å². The molecule has 0 aliphatic rings. The van der Waals surface area contributed by atoms with Crippen LogP contribution in [0, 0.1) is 0 Å². The first-order valence-electron chi connectivity index (χ1n) is 7.54. The minimum atomic E-state index is -0.247. The van der Waals surface area contributed by atoms with Crippen molar-refractivity contribution in [2.24, 2.45) is 0 Å². The summed E-state index contributed by atoms with van der Waals surface area (Å²) in [4.78, 5) is 20.1. The van der Waals surface area contributed by atoms with Crippen LogP contribution in [0.15, 0.2) is 59.7 Å². The van der Waals surface area contributed by atoms with E-state index >= 15 is 0 Å². The largest absolute Gasteiger partial charge is 0.496 e. The van der Waals surface area contributed by atoms with Gasteiger partial charge in [0.15, 0.2) is 0 Å². The Morgan fingerprint density at radius 2 is 2.04 bits per heavy atom. The predicted octanol–water partition coefficient (Wildman–Crippen LogP) is 3.41. The third kappa shape index (κ3) is 2.66. The van der Waals surface area contributed by atoms with Crippen molar-refractivity contribution in [3.8, 4) is 28.3 Å². The monoisotopic (exact) mass is 352 g/mol. The first-order chi connectivity index (χ1) is 12.2. The Morgan fingerprint density at radius 1 is 1.16 bits per heavy atom. The minimum absolute atomic E-state index is 0.247. The molecule has 0 aliphatic heterocycles. The van der Waals surface area contributed by atoms with Crippen LogP contribution in [-0.2, 0) is 0 Å². The molecule has 3 aromatic heterocycles. The molecule has 0 saturated carbocycles. The predicted molar refractivity (Wildman–Crippen MR) is 96.0 cm³/mol. The molecule has 4 rings (SSSR count). The number of hydrogen-bond donors (Lipinski definition) is 1. The van der Waals surface area contributed by atoms with Crippen molar-refractivity contribution < 1.29 is 4.74 Å². The van der Waals surface area contributed by atoms with Crippen molar-refractivity contribution in [2.75, 3.05) is 7.11 Å². The van der Waals surface area contributed by atoms with E-state index in [9.17, 15) is 4.79 Å². The molecule has 0 fully saturated rings. The highest BCUT2D eigenvalue weighted by Gasteiger charge is 2.14. The number of ether oxygens (including phenoxy) is 1. The molecule has 25 heavy (non-hydrogen) atoms. The second-order valence-electron chi connectivity index (χ2n) is 5.40. The molecule has 124 valence electrons. The molecule has 1 aromatic carbocycles. The summed E-state index contributed by atoms with van der Waals surface area (Å²) < 4.78 is 6.70. The molecule has 6 nitrogen and oxygen atoms in total. The van der Waals surface area contributed by atoms with Crippen LogP contribution in [-0.4, -0.2) is 26.7 Å². The Morgan fingerprint density at radius 3 is 2.80 bits per heavy atom. The zero-order chi connectivity index (χ0) is 17.4. The molecule has 7 heteroatoms. The fourth-order valence-electron chi connectivity index (χ4n) is 2.73. The summed E-state index contributed by atoms with van der Waals surface area (Å²) >= 11 is 6.02. The number of rotatable bonds is 3. The van der Waals surface area contributed by atoms with Crippen molar-refractivity contribution in [1.82, 2.24) is 19.6 Å². The number of benzene rings is 1. The first-order valence-corrected chi connectivity index (χ1v) is 7.91. The number of H-pyrrole nitrogens is 1. The van der Waals surface area contributed by atoms with E-state index in [0.717, 1.165) is 16.8 Å². The van der Waals surface area contributed by atoms with E-state index < -0.39 is 0 Å². The fraction of sp³-hybridized carbons (Fsp3) is 0.0556. The summed E-state index contributed by atoms with van der Waals surface area (Å²) in [6.07, 6.45) is 3.32. The van der Waals surface area contributed by atoms with Gasteiger partial charge in [0.2, 0.25) is 0 Å². The van der Waals surface area contributed by atoms with Gasteiger partial charge in [0.05, 0.1) is 30.3 Å². The molecule has 0 amide bonds. The van der Waals surface area contributed by atoms with Gasteiger partial charge in [-0.25, -0.2) is 0 Å². The first kappa shape index (κ1) is 15.4. The third-order valence-electron chi connectivity index (χ3n) is 3.89. The molecule has 0 spiro atoms. The van der Waals surface area contributed by atoms with E-state index in [4.69, 9.17) is 16.3 Å². The zero-order valence-electron chi connectivity index (χ0n) is 13.2. The lowest BCUT2D eigenvalue weighted by molar-refractivity contribution is 0.416. The average Bonchev–Trinajstić information content (AvgIpc) is 3.07. The summed E-state index contributed by atoms with van der Waals surface area (Å²) in [6, 6.07) is 12.3. The lowest BCUT2D eigenvalue weighted by Gasteiger charge is -2.10. The van der Waals surface area contributed by atoms with Gasteiger partial charge < -0.3 is 9.72 Å². The summed E-state index contributed by atoms with van der Waals surface area (Å²) in [5.41, 5.74) is 3.14. The Bertz CT molecular complexity index is 1120. The Kier molecular flexibility index (Phi) is 3.74. The minimum Gasteiger partial charge on any atom is -0.496 e. The maximum Gasteiger partial charge on any atom is 0.274 e. The van der Waals surface area contributed by atoms with Gasteiger partial charge in [-0.2, -0.15) is 9.61 Å². The molecule has 4 aromatic rings. The number of aromatic nitrogens is 4. The lowest BCUT2D eigenvalue weighted by Crippen LogP contribution is -2.14. The number of nitrogens with one attached hydrogen (secondary N) is 1. The van der Waals surface area contributed by atoms with Crippen molar-refractivity contribution in [1.29, 1.82) is 0 Å². The molecule has 1 N–H and O–H groups in total. The van der Waals surface area contributed by atoms with Crippen LogP contribution in [0.2, 0.25) is 5.02 Å². The van der Waals surface area contributed by atoms with E-state index in [1.54, 1.807) is 37.7 Å². The molecular weight excluding hydrogens is 340 g/mol. The Balaban J connectivity index is 1.97. The average molecular weight is 353 g/mol. The Hall–Kier alpha value is -3.12. The van der Waals surface area contributed by atoms with Crippen molar-refractivity contribution in [3.63, 3.8) is 0 Å². The second kappa shape index (κ2) is 6.07. The number of methoxy groups -OCH3 is 1. The van der Waals surface area contributed by atoms with Crippen molar-refractivity contribution in [3.05, 3.63) is 70.2 Å². The molecular formula is C18H13ClN4O2. The van der Waals surface area contributed by atoms with E-state index in [1.165, 1.54) is 10.6 Å². The summed E-state index contributed by atoms with van der Waals surface area (Å²) in [7, 11) is 1.56. The standard InChI is InChI=1S/C18H13ClN4O2/c1-25-16-8-11(19)5-6-12(16)15-9-17(24)23-18(22-15)13(10-21-23)14-4-2-3-7-20-14/h2-10,22H,1H3. The Labute approximate surface area is 147 Å². The lowest BCUT2D eigenvalue weighted by atomic mass is 10.1. The van der Waals surface area contributed by atoms with Crippen LogP contribution >= 0.6 is 11.6 Å². The van der Waals surface area contributed by atoms with Gasteiger partial charge >= 0.3 is 0 Å². The van der Waals surface area contributed by atoms with Gasteiger partial charge in [-0.1, -0.05) is 17.7 Å². The van der Waals surface area contributed by atoms with Crippen LogP contribution < -0.4 is 10.3 Å². The summed E-state index contributed by atoms with van der Waals surface area (Å²) in [5.74, 6) is 0.575. The maximum absolute atomic E-state index is 12.5. The van der Waals surface area contributed by atoms with Crippen LogP contribution in [0.3, 0.4) is 0 Å². The molecule has 0 saturated heterocycles. The van der Waals surface area contributed by atoms with E-state index in [-0.39, 0.29) is 5.56 Å². The van der Waals surface area contributed by atoms with Crippen molar-refractivity contribution >= 4 is 17.2 Å². The quantitative estimate of drug-likeness (QED) is 0.613. The number of hydrogen-bond acceptors (Lipinski definition) is 4. The van der Waals surface area contributed by atoms with E-state index in [1.807, 2.05) is 18.2 Å². The summed E-state index contributed by atoms with van der Waals surface area (Å²) in [5, 5.41) is 4.72. The fourth-order valence-corrected chi connectivity index (χ4v) is 2.89. The molecule has 0 atom stereocenters. The van der Waals surface area contributed by atoms with Gasteiger partial charge in [0.1, 0.15) is 11.4 Å². The second-order valence-corrected chi connectivity index (χ2v) is 5.84. The van der Waals surface area contributed by atoms with Crippen LogP contribution in [0.4, 0.5) is 0 Å². The number of fused-ring (bicyclic) bond motifs is 1. The van der Waals surface area contributed by atoms with Gasteiger partial charge in [0, 0.05) is 22.8 Å². The van der Waals surface area contributed by atoms with Gasteiger partial charge in [-0.3, -0.25) is 9.78 Å². The number of aromatic amines is 1. The zero-order valence-corrected chi connectivity index (χ0v) is 14.0. The topological polar surface area (TPSA) is 72.3 Å². The normalized spacial score (nSPS) is 11.0. The van der Waals surface area contributed by atoms with E-state index in [2.05, 4.69) is 15.1 Å². The molecule has 0 aliphatic carbocycles. The molecule has 0 bridgehead atoms. The van der Waals surface area contributed by atoms with Gasteiger partial charge in [0.25, 0.3) is 5.56 Å². The van der Waals surface area contributed by atoms with Gasteiger partial charge in [-0.05, 0) is 30.3 Å². The molecule has 0 radical (unpaired) electrons. The highest BCUT2D eigenvalue weighted by molar-refractivity contribution is 6.30. The maximum atomic E-state index is 12.5.